The van der Waals surface area contributed by atoms with Crippen LogP contribution in [0.15, 0.2) is 36.0 Å². The molecule has 1 rings (SSSR count). The third kappa shape index (κ3) is 6.66. The number of carbonyl (C=O) groups excluding carboxylic acids is 2. The van der Waals surface area contributed by atoms with Crippen LogP contribution in [0.4, 0.5) is 0 Å². The van der Waals surface area contributed by atoms with Gasteiger partial charge in [0.1, 0.15) is 5.75 Å². The molecule has 1 atom stereocenters. The monoisotopic (exact) mass is 301 g/mol. The summed E-state index contributed by atoms with van der Waals surface area (Å²) in [5.41, 5.74) is 0.741. The fourth-order valence-corrected chi connectivity index (χ4v) is 1.58. The van der Waals surface area contributed by atoms with Crippen molar-refractivity contribution in [3.8, 4) is 5.75 Å². The smallest absolute Gasteiger partial charge is 0.548 e. The molecule has 0 spiro atoms. The third-order valence-corrected chi connectivity index (χ3v) is 2.46. The van der Waals surface area contributed by atoms with Crippen LogP contribution >= 0.6 is 0 Å². The first kappa shape index (κ1) is 19.5. The molecule has 6 nitrogen and oxygen atoms in total. The van der Waals surface area contributed by atoms with Crippen molar-refractivity contribution in [2.75, 3.05) is 6.61 Å². The first-order valence-electron chi connectivity index (χ1n) is 6.05. The molecule has 0 radical (unpaired) electrons. The number of nitrogens with one attached hydrogen (secondary N) is 1. The van der Waals surface area contributed by atoms with E-state index in [2.05, 4.69) is 5.32 Å². The van der Waals surface area contributed by atoms with Crippen LogP contribution in [-0.4, -0.2) is 23.7 Å². The van der Waals surface area contributed by atoms with Crippen LogP contribution in [0, 0.1) is 0 Å². The van der Waals surface area contributed by atoms with Crippen molar-refractivity contribution in [2.24, 2.45) is 0 Å². The Morgan fingerprint density at radius 1 is 1.38 bits per heavy atom. The van der Waals surface area contributed by atoms with Crippen molar-refractivity contribution < 1.29 is 54.1 Å². The number of carboxylic acids is 1. The van der Waals surface area contributed by atoms with E-state index in [4.69, 9.17) is 4.74 Å². The number of esters is 1. The van der Waals surface area contributed by atoms with E-state index in [-0.39, 0.29) is 41.9 Å². The van der Waals surface area contributed by atoms with Crippen LogP contribution in [0.5, 0.6) is 5.75 Å². The quantitative estimate of drug-likeness (QED) is 0.336. The Balaban J connectivity index is 0.00000400. The van der Waals surface area contributed by atoms with Gasteiger partial charge in [-0.1, -0.05) is 12.1 Å². The Kier molecular flexibility index (Phi) is 8.76. The summed E-state index contributed by atoms with van der Waals surface area (Å²) in [6, 6.07) is 4.54. The Hall–Kier alpha value is -1.50. The maximum Gasteiger partial charge on any atom is 1.00 e. The number of phenols is 1. The molecular formula is C14H16NNaO5. The van der Waals surface area contributed by atoms with Gasteiger partial charge in [-0.25, -0.2) is 4.79 Å². The summed E-state index contributed by atoms with van der Waals surface area (Å²) in [6.07, 6.45) is 1.17. The van der Waals surface area contributed by atoms with Crippen LogP contribution in [0.3, 0.4) is 0 Å². The molecule has 2 N–H and O–H groups in total. The number of hydrogen-bond acceptors (Lipinski definition) is 6. The predicted octanol–water partition coefficient (Wildman–Crippen LogP) is -2.76. The molecule has 0 bridgehead atoms. The standard InChI is InChI=1S/C14H17NO5.Na/c1-3-20-12(17)8-9(2)15-13(14(18)19)10-4-6-11(16)7-5-10;/h4-8,13,15-16H,3H2,1-2H3,(H,18,19);/q;+1/p-1. The number of aliphatic carboxylic acids is 1. The Morgan fingerprint density at radius 3 is 2.43 bits per heavy atom. The molecule has 1 unspecified atom stereocenters. The number of benzene rings is 1. The summed E-state index contributed by atoms with van der Waals surface area (Å²) in [6.45, 7) is 3.46. The van der Waals surface area contributed by atoms with Crippen LogP contribution < -0.4 is 40.0 Å². The zero-order valence-corrected chi connectivity index (χ0v) is 14.3. The van der Waals surface area contributed by atoms with Gasteiger partial charge < -0.3 is 25.1 Å². The molecule has 0 saturated heterocycles. The van der Waals surface area contributed by atoms with Gasteiger partial charge in [0.2, 0.25) is 0 Å². The third-order valence-electron chi connectivity index (χ3n) is 2.46. The molecule has 0 heterocycles. The van der Waals surface area contributed by atoms with E-state index in [1.54, 1.807) is 13.8 Å². The van der Waals surface area contributed by atoms with Crippen molar-refractivity contribution in [3.05, 3.63) is 41.6 Å². The number of carboxylic acid groups (broad SMARTS) is 1. The molecule has 0 saturated carbocycles. The van der Waals surface area contributed by atoms with Gasteiger partial charge in [-0.3, -0.25) is 0 Å². The van der Waals surface area contributed by atoms with Gasteiger partial charge in [0.05, 0.1) is 18.6 Å². The summed E-state index contributed by atoms with van der Waals surface area (Å²) in [5.74, 6) is -1.86. The molecule has 1 aromatic carbocycles. The summed E-state index contributed by atoms with van der Waals surface area (Å²) in [4.78, 5) is 22.4. The SMILES string of the molecule is CCOC(=O)C=C(C)NC(C(=O)[O-])c1ccc(O)cc1.[Na+]. The van der Waals surface area contributed by atoms with Gasteiger partial charge in [-0.15, -0.1) is 0 Å². The molecule has 0 aromatic heterocycles. The number of ether oxygens (including phenoxy) is 1. The van der Waals surface area contributed by atoms with Crippen molar-refractivity contribution in [1.82, 2.24) is 5.32 Å². The van der Waals surface area contributed by atoms with Crippen LogP contribution in [-0.2, 0) is 14.3 Å². The normalized spacial score (nSPS) is 12.0. The summed E-state index contributed by atoms with van der Waals surface area (Å²) >= 11 is 0. The molecule has 0 amide bonds. The minimum atomic E-state index is -1.34. The van der Waals surface area contributed by atoms with E-state index in [0.717, 1.165) is 0 Å². The first-order valence-corrected chi connectivity index (χ1v) is 6.05. The number of phenolic OH excluding ortho intramolecular Hbond substituents is 1. The van der Waals surface area contributed by atoms with Crippen molar-refractivity contribution in [3.63, 3.8) is 0 Å². The topological polar surface area (TPSA) is 98.7 Å². The van der Waals surface area contributed by atoms with Crippen molar-refractivity contribution in [2.45, 2.75) is 19.9 Å². The zero-order chi connectivity index (χ0) is 15.1. The number of allylic oxidation sites excluding steroid dienone is 1. The molecule has 108 valence electrons. The minimum absolute atomic E-state index is 0. The van der Waals surface area contributed by atoms with E-state index in [1.807, 2.05) is 0 Å². The zero-order valence-electron chi connectivity index (χ0n) is 12.3. The van der Waals surface area contributed by atoms with Crippen molar-refractivity contribution >= 4 is 11.9 Å². The van der Waals surface area contributed by atoms with Crippen LogP contribution in [0.25, 0.3) is 0 Å². The summed E-state index contributed by atoms with van der Waals surface area (Å²) in [5, 5.41) is 23.0. The Labute approximate surface area is 145 Å². The molecule has 21 heavy (non-hydrogen) atoms. The van der Waals surface area contributed by atoms with Gasteiger partial charge in [-0.05, 0) is 31.5 Å². The van der Waals surface area contributed by atoms with E-state index in [0.29, 0.717) is 11.3 Å². The molecule has 0 aliphatic rings. The number of aromatic hydroxyl groups is 1. The maximum atomic E-state index is 11.3. The second kappa shape index (κ2) is 9.44. The van der Waals surface area contributed by atoms with Crippen LogP contribution in [0.1, 0.15) is 25.5 Å². The van der Waals surface area contributed by atoms with Crippen LogP contribution in [0.2, 0.25) is 0 Å². The average Bonchev–Trinajstić information content (AvgIpc) is 2.37. The molecule has 7 heteroatoms. The van der Waals surface area contributed by atoms with E-state index in [9.17, 15) is 19.8 Å². The maximum absolute atomic E-state index is 11.3. The molecule has 0 fully saturated rings. The number of rotatable bonds is 6. The summed E-state index contributed by atoms with van der Waals surface area (Å²) < 4.78 is 4.72. The minimum Gasteiger partial charge on any atom is -0.548 e. The average molecular weight is 301 g/mol. The molecule has 0 aliphatic carbocycles. The Morgan fingerprint density at radius 2 is 1.95 bits per heavy atom. The second-order valence-electron chi connectivity index (χ2n) is 4.07. The molecule has 1 aromatic rings. The second-order valence-corrected chi connectivity index (χ2v) is 4.07. The van der Waals surface area contributed by atoms with Crippen molar-refractivity contribution in [1.29, 1.82) is 0 Å². The first-order chi connectivity index (χ1) is 9.43. The Bertz CT molecular complexity index is 513. The fourth-order valence-electron chi connectivity index (χ4n) is 1.58. The fraction of sp³-hybridized carbons (Fsp3) is 0.286. The molecule has 0 aliphatic heterocycles. The number of carbonyl (C=O) groups is 2. The van der Waals surface area contributed by atoms with E-state index >= 15 is 0 Å². The molecular weight excluding hydrogens is 285 g/mol. The van der Waals surface area contributed by atoms with Gasteiger partial charge in [0, 0.05) is 11.8 Å². The van der Waals surface area contributed by atoms with Gasteiger partial charge in [0.25, 0.3) is 0 Å². The largest absolute Gasteiger partial charge is 1.00 e. The van der Waals surface area contributed by atoms with E-state index < -0.39 is 18.0 Å². The van der Waals surface area contributed by atoms with Gasteiger partial charge >= 0.3 is 35.5 Å². The van der Waals surface area contributed by atoms with Gasteiger partial charge in [-0.2, -0.15) is 0 Å². The number of hydrogen-bond donors (Lipinski definition) is 2. The van der Waals surface area contributed by atoms with E-state index in [1.165, 1.54) is 30.3 Å². The predicted molar refractivity (Wildman–Crippen MR) is 69.4 cm³/mol. The van der Waals surface area contributed by atoms with Gasteiger partial charge in [0.15, 0.2) is 0 Å². The summed E-state index contributed by atoms with van der Waals surface area (Å²) in [7, 11) is 0.